The minimum atomic E-state index is -0.669. The number of aliphatic hydroxyl groups excluding tert-OH is 3. The first-order valence-electron chi connectivity index (χ1n) is 12.3. The molecule has 0 aliphatic heterocycles. The summed E-state index contributed by atoms with van der Waals surface area (Å²) in [6.45, 7) is 11.6. The Hall–Kier alpha value is -0.900. The maximum absolute atomic E-state index is 10.0. The van der Waals surface area contributed by atoms with E-state index >= 15 is 0 Å². The molecule has 0 aromatic rings. The van der Waals surface area contributed by atoms with Crippen molar-refractivity contribution in [1.29, 1.82) is 0 Å². The van der Waals surface area contributed by atoms with Crippen LogP contribution in [0.4, 0.5) is 0 Å². The van der Waals surface area contributed by atoms with Crippen LogP contribution in [0.5, 0.6) is 0 Å². The zero-order valence-electron chi connectivity index (χ0n) is 19.4. The van der Waals surface area contributed by atoms with Crippen LogP contribution in [0.2, 0.25) is 0 Å². The number of aliphatic hydroxyl groups is 3. The second kappa shape index (κ2) is 10.1. The molecule has 2 unspecified atom stereocenters. The molecule has 3 saturated carbocycles. The molecule has 3 N–H and O–H groups in total. The number of fused-ring (bicyclic) bond motifs is 1. The lowest BCUT2D eigenvalue weighted by molar-refractivity contribution is 0.0138. The highest BCUT2D eigenvalue weighted by Gasteiger charge is 2.50. The van der Waals surface area contributed by atoms with Crippen molar-refractivity contribution in [3.63, 3.8) is 0 Å². The van der Waals surface area contributed by atoms with Gasteiger partial charge < -0.3 is 15.3 Å². The van der Waals surface area contributed by atoms with Crippen LogP contribution in [0, 0.1) is 29.1 Å². The van der Waals surface area contributed by atoms with Crippen LogP contribution in [-0.4, -0.2) is 34.1 Å². The Labute approximate surface area is 184 Å². The van der Waals surface area contributed by atoms with Crippen LogP contribution < -0.4 is 0 Å². The topological polar surface area (TPSA) is 60.7 Å². The summed E-state index contributed by atoms with van der Waals surface area (Å²) in [5, 5.41) is 29.2. The quantitative estimate of drug-likeness (QED) is 0.509. The van der Waals surface area contributed by atoms with E-state index in [0.29, 0.717) is 36.7 Å². The van der Waals surface area contributed by atoms with Gasteiger partial charge in [-0.25, -0.2) is 0 Å². The summed E-state index contributed by atoms with van der Waals surface area (Å²) < 4.78 is 0. The third-order valence-corrected chi connectivity index (χ3v) is 8.67. The van der Waals surface area contributed by atoms with Crippen LogP contribution in [-0.2, 0) is 0 Å². The molecule has 3 heteroatoms. The van der Waals surface area contributed by atoms with E-state index < -0.39 is 12.2 Å². The highest BCUT2D eigenvalue weighted by molar-refractivity contribution is 5.37. The standard InChI is InChI=1S/C27H44O3/c1-18(17-28)7-5-8-19(2)23-12-13-24-21(9-6-14-27(23,24)4)10-11-22-16-26(30)25(29)15-20(22)3/h10-11,18-19,23-26,28-30H,3,5-9,12-17H2,1-2,4H3/b21-10?,22-11-/t18?,19-,23-,24?,25+,26-,27-/m1/s1. The van der Waals surface area contributed by atoms with Gasteiger partial charge in [-0.05, 0) is 78.8 Å². The van der Waals surface area contributed by atoms with Crippen LogP contribution in [0.3, 0.4) is 0 Å². The van der Waals surface area contributed by atoms with Crippen LogP contribution in [0.25, 0.3) is 0 Å². The first-order valence-corrected chi connectivity index (χ1v) is 12.3. The summed E-state index contributed by atoms with van der Waals surface area (Å²) >= 11 is 0. The van der Waals surface area contributed by atoms with Gasteiger partial charge in [0.05, 0.1) is 12.2 Å². The van der Waals surface area contributed by atoms with E-state index in [2.05, 4.69) is 39.5 Å². The van der Waals surface area contributed by atoms with Crippen LogP contribution in [0.15, 0.2) is 35.5 Å². The fourth-order valence-corrected chi connectivity index (χ4v) is 6.71. The van der Waals surface area contributed by atoms with E-state index in [0.717, 1.165) is 29.4 Å². The minimum Gasteiger partial charge on any atom is -0.396 e. The van der Waals surface area contributed by atoms with E-state index in [1.807, 2.05) is 0 Å². The molecule has 0 aromatic heterocycles. The van der Waals surface area contributed by atoms with Gasteiger partial charge in [0.15, 0.2) is 0 Å². The lowest BCUT2D eigenvalue weighted by atomic mass is 9.60. The lowest BCUT2D eigenvalue weighted by Gasteiger charge is -2.44. The highest BCUT2D eigenvalue weighted by atomic mass is 16.3. The molecule has 0 aromatic carbocycles. The van der Waals surface area contributed by atoms with Gasteiger partial charge in [-0.15, -0.1) is 0 Å². The third-order valence-electron chi connectivity index (χ3n) is 8.67. The van der Waals surface area contributed by atoms with E-state index in [4.69, 9.17) is 0 Å². The Balaban J connectivity index is 1.67. The van der Waals surface area contributed by atoms with Gasteiger partial charge in [0.1, 0.15) is 0 Å². The van der Waals surface area contributed by atoms with E-state index in [-0.39, 0.29) is 0 Å². The smallest absolute Gasteiger partial charge is 0.0842 e. The van der Waals surface area contributed by atoms with Gasteiger partial charge in [-0.3, -0.25) is 0 Å². The Morgan fingerprint density at radius 3 is 2.57 bits per heavy atom. The van der Waals surface area contributed by atoms with Crippen molar-refractivity contribution >= 4 is 0 Å². The summed E-state index contributed by atoms with van der Waals surface area (Å²) in [5.74, 6) is 2.65. The molecule has 3 nitrogen and oxygen atoms in total. The van der Waals surface area contributed by atoms with Gasteiger partial charge >= 0.3 is 0 Å². The molecule has 3 aliphatic carbocycles. The molecule has 3 aliphatic rings. The summed E-state index contributed by atoms with van der Waals surface area (Å²) in [6.07, 6.45) is 14.3. The molecule has 7 atom stereocenters. The van der Waals surface area contributed by atoms with Crippen LogP contribution in [0.1, 0.15) is 85.0 Å². The molecule has 30 heavy (non-hydrogen) atoms. The van der Waals surface area contributed by atoms with Gasteiger partial charge in [-0.1, -0.05) is 57.9 Å². The van der Waals surface area contributed by atoms with Crippen molar-refractivity contribution in [2.45, 2.75) is 97.2 Å². The maximum Gasteiger partial charge on any atom is 0.0842 e. The van der Waals surface area contributed by atoms with Crippen LogP contribution >= 0.6 is 0 Å². The third kappa shape index (κ3) is 5.11. The average molecular weight is 417 g/mol. The number of rotatable bonds is 7. The summed E-state index contributed by atoms with van der Waals surface area (Å²) in [5.41, 5.74) is 4.07. The Morgan fingerprint density at radius 2 is 1.83 bits per heavy atom. The predicted molar refractivity (Wildman–Crippen MR) is 124 cm³/mol. The van der Waals surface area contributed by atoms with Gasteiger partial charge in [0.2, 0.25) is 0 Å². The average Bonchev–Trinajstić information content (AvgIpc) is 3.07. The summed E-state index contributed by atoms with van der Waals surface area (Å²) in [6, 6.07) is 0. The highest BCUT2D eigenvalue weighted by Crippen LogP contribution is 2.59. The van der Waals surface area contributed by atoms with Crippen molar-refractivity contribution in [2.24, 2.45) is 29.1 Å². The van der Waals surface area contributed by atoms with Gasteiger partial charge in [-0.2, -0.15) is 0 Å². The largest absolute Gasteiger partial charge is 0.396 e. The van der Waals surface area contributed by atoms with Crippen molar-refractivity contribution < 1.29 is 15.3 Å². The van der Waals surface area contributed by atoms with Gasteiger partial charge in [0.25, 0.3) is 0 Å². The Kier molecular flexibility index (Phi) is 8.03. The number of allylic oxidation sites excluding steroid dienone is 3. The molecule has 170 valence electrons. The fraction of sp³-hybridized carbons (Fsp3) is 0.778. The van der Waals surface area contributed by atoms with Crippen molar-refractivity contribution in [1.82, 2.24) is 0 Å². The number of hydrogen-bond acceptors (Lipinski definition) is 3. The van der Waals surface area contributed by atoms with Crippen molar-refractivity contribution in [2.75, 3.05) is 6.61 Å². The Bertz CT molecular complexity index is 663. The van der Waals surface area contributed by atoms with E-state index in [1.54, 1.807) is 5.57 Å². The normalized spacial score (nSPS) is 39.3. The molecule has 3 rings (SSSR count). The molecule has 0 radical (unpaired) electrons. The molecule has 0 saturated heterocycles. The monoisotopic (exact) mass is 416 g/mol. The predicted octanol–water partition coefficient (Wildman–Crippen LogP) is 5.56. The number of hydrogen-bond donors (Lipinski definition) is 3. The van der Waals surface area contributed by atoms with E-state index in [1.165, 1.54) is 44.9 Å². The zero-order chi connectivity index (χ0) is 21.9. The summed E-state index contributed by atoms with van der Waals surface area (Å²) in [7, 11) is 0. The molecule has 0 heterocycles. The molecule has 0 bridgehead atoms. The minimum absolute atomic E-state index is 0.309. The second-order valence-corrected chi connectivity index (χ2v) is 10.9. The van der Waals surface area contributed by atoms with Crippen molar-refractivity contribution in [3.8, 4) is 0 Å². The first kappa shape index (κ1) is 23.8. The molecule has 3 fully saturated rings. The van der Waals surface area contributed by atoms with E-state index in [9.17, 15) is 15.3 Å². The van der Waals surface area contributed by atoms with Crippen molar-refractivity contribution in [3.05, 3.63) is 35.5 Å². The zero-order valence-corrected chi connectivity index (χ0v) is 19.4. The summed E-state index contributed by atoms with van der Waals surface area (Å²) in [4.78, 5) is 0. The fourth-order valence-electron chi connectivity index (χ4n) is 6.71. The lowest BCUT2D eigenvalue weighted by Crippen LogP contribution is -2.36. The Morgan fingerprint density at radius 1 is 1.10 bits per heavy atom. The maximum atomic E-state index is 10.0. The molecule has 0 spiro atoms. The first-order chi connectivity index (χ1) is 14.3. The molecular weight excluding hydrogens is 372 g/mol. The molecule has 0 amide bonds. The second-order valence-electron chi connectivity index (χ2n) is 10.9. The SMILES string of the molecule is C=C1C[C@H](O)[C@H](O)C/C1=C/C=C1CCC[C@@]2(C)C1CC[C@@H]2[C@H](C)CCCC(C)CO. The van der Waals surface area contributed by atoms with Gasteiger partial charge in [0, 0.05) is 19.4 Å². The molecular formula is C27H44O3.